The summed E-state index contributed by atoms with van der Waals surface area (Å²) < 4.78 is 88.9. The lowest BCUT2D eigenvalue weighted by molar-refractivity contribution is -0.0434. The third kappa shape index (κ3) is 3.74. The maximum atomic E-state index is 13.2. The zero-order valence-electron chi connectivity index (χ0n) is 14.4. The van der Waals surface area contributed by atoms with Crippen LogP contribution in [0.2, 0.25) is 0 Å². The van der Waals surface area contributed by atoms with Crippen molar-refractivity contribution in [3.8, 4) is 5.75 Å². The first-order valence-electron chi connectivity index (χ1n) is 7.43. The van der Waals surface area contributed by atoms with E-state index in [0.29, 0.717) is 5.56 Å². The molecule has 0 aliphatic rings. The van der Waals surface area contributed by atoms with E-state index in [0.717, 1.165) is 24.3 Å². The minimum absolute atomic E-state index is 0.0199. The van der Waals surface area contributed by atoms with Gasteiger partial charge in [0.1, 0.15) is 5.75 Å². The van der Waals surface area contributed by atoms with E-state index in [4.69, 9.17) is 0 Å². The Balaban J connectivity index is 2.85. The number of aromatic hydroxyl groups is 1. The maximum absolute atomic E-state index is 13.2. The molecule has 0 aromatic heterocycles. The van der Waals surface area contributed by atoms with Gasteiger partial charge in [-0.05, 0) is 56.2 Å². The Hall–Kier alpha value is -2.27. The molecule has 2 rings (SSSR count). The number of alkyl halides is 3. The number of benzene rings is 2. The van der Waals surface area contributed by atoms with Crippen LogP contribution in [0.25, 0.3) is 0 Å². The summed E-state index contributed by atoms with van der Waals surface area (Å²) in [5.74, 6) is -0.282. The van der Waals surface area contributed by atoms with E-state index < -0.39 is 39.8 Å². The van der Waals surface area contributed by atoms with Crippen LogP contribution in [0.4, 0.5) is 18.9 Å². The predicted molar refractivity (Wildman–Crippen MR) is 93.4 cm³/mol. The molecule has 0 aliphatic carbocycles. The fourth-order valence-corrected chi connectivity index (χ4v) is 5.52. The second kappa shape index (κ2) is 6.71. The number of nitrogens with zero attached hydrogens (tertiary/aromatic N) is 1. The summed E-state index contributed by atoms with van der Waals surface area (Å²) in [6.45, 7) is 4.25. The Kier molecular flexibility index (Phi) is 5.23. The van der Waals surface area contributed by atoms with Crippen LogP contribution in [0, 0.1) is 20.8 Å². The van der Waals surface area contributed by atoms with Crippen molar-refractivity contribution in [3.05, 3.63) is 53.1 Å². The fourth-order valence-electron chi connectivity index (χ4n) is 2.35. The largest absolute Gasteiger partial charge is 0.517 e. The van der Waals surface area contributed by atoms with Gasteiger partial charge in [0.25, 0.3) is 10.0 Å². The van der Waals surface area contributed by atoms with Crippen LogP contribution in [0.15, 0.2) is 41.3 Å². The van der Waals surface area contributed by atoms with E-state index in [1.807, 2.05) is 0 Å². The minimum atomic E-state index is -6.29. The van der Waals surface area contributed by atoms with Gasteiger partial charge in [-0.3, -0.25) is 0 Å². The van der Waals surface area contributed by atoms with Gasteiger partial charge in [0.2, 0.25) is 0 Å². The summed E-state index contributed by atoms with van der Waals surface area (Å²) in [5.41, 5.74) is -5.93. The molecule has 6 nitrogen and oxygen atoms in total. The molecule has 148 valence electrons. The Morgan fingerprint density at radius 3 is 1.74 bits per heavy atom. The average Bonchev–Trinajstić information content (AvgIpc) is 2.51. The standard InChI is InChI=1S/C16H16F3NO5S2/c1-10-4-6-14(7-5-10)26(22,23)20(27(24,25)16(17,18)19)13-8-11(2)15(21)12(3)9-13/h4-9,21H,1-3H3. The van der Waals surface area contributed by atoms with E-state index >= 15 is 0 Å². The van der Waals surface area contributed by atoms with Gasteiger partial charge in [0.05, 0.1) is 10.6 Å². The van der Waals surface area contributed by atoms with E-state index in [1.54, 1.807) is 6.92 Å². The van der Waals surface area contributed by atoms with Crippen molar-refractivity contribution >= 4 is 25.7 Å². The molecule has 1 N–H and O–H groups in total. The highest BCUT2D eigenvalue weighted by Gasteiger charge is 2.54. The Morgan fingerprint density at radius 1 is 0.889 bits per heavy atom. The summed E-state index contributed by atoms with van der Waals surface area (Å²) in [4.78, 5) is -0.621. The number of hydrogen-bond acceptors (Lipinski definition) is 5. The lowest BCUT2D eigenvalue weighted by Gasteiger charge is -2.25. The quantitative estimate of drug-likeness (QED) is 0.814. The molecule has 0 spiro atoms. The van der Waals surface area contributed by atoms with Crippen LogP contribution in [-0.4, -0.2) is 27.5 Å². The molecular formula is C16H16F3NO5S2. The molecule has 0 saturated heterocycles. The summed E-state index contributed by atoms with van der Waals surface area (Å²) in [6.07, 6.45) is 0. The monoisotopic (exact) mass is 423 g/mol. The zero-order chi connectivity index (χ0) is 20.8. The smallest absolute Gasteiger partial charge is 0.507 e. The Bertz CT molecular complexity index is 1050. The highest BCUT2D eigenvalue weighted by atomic mass is 32.3. The van der Waals surface area contributed by atoms with E-state index in [2.05, 4.69) is 0 Å². The van der Waals surface area contributed by atoms with E-state index in [-0.39, 0.29) is 16.9 Å². The van der Waals surface area contributed by atoms with Crippen molar-refractivity contribution in [2.24, 2.45) is 0 Å². The fraction of sp³-hybridized carbons (Fsp3) is 0.250. The van der Waals surface area contributed by atoms with Crippen LogP contribution in [0.3, 0.4) is 0 Å². The van der Waals surface area contributed by atoms with Crippen molar-refractivity contribution in [2.45, 2.75) is 31.2 Å². The molecule has 0 bridgehead atoms. The van der Waals surface area contributed by atoms with Crippen molar-refractivity contribution < 1.29 is 35.1 Å². The Labute approximate surface area is 155 Å². The lowest BCUT2D eigenvalue weighted by Crippen LogP contribution is -2.44. The number of phenolic OH excluding ortho intramolecular Hbond substituents is 1. The molecule has 2 aromatic carbocycles. The first-order chi connectivity index (χ1) is 12.2. The molecule has 11 heteroatoms. The van der Waals surface area contributed by atoms with Gasteiger partial charge in [-0.1, -0.05) is 17.7 Å². The van der Waals surface area contributed by atoms with Gasteiger partial charge in [0, 0.05) is 0 Å². The van der Waals surface area contributed by atoms with Gasteiger partial charge >= 0.3 is 15.5 Å². The van der Waals surface area contributed by atoms with Crippen LogP contribution >= 0.6 is 0 Å². The van der Waals surface area contributed by atoms with Gasteiger partial charge in [0.15, 0.2) is 0 Å². The minimum Gasteiger partial charge on any atom is -0.507 e. The van der Waals surface area contributed by atoms with Gasteiger partial charge in [-0.15, -0.1) is 0 Å². The molecule has 0 radical (unpaired) electrons. The second-order valence-corrected chi connectivity index (χ2v) is 9.69. The number of halogens is 3. The molecule has 0 unspecified atom stereocenters. The molecule has 0 fully saturated rings. The molecular weight excluding hydrogens is 407 g/mol. The number of rotatable bonds is 4. The van der Waals surface area contributed by atoms with Gasteiger partial charge in [-0.2, -0.15) is 25.3 Å². The van der Waals surface area contributed by atoms with Crippen molar-refractivity contribution in [1.29, 1.82) is 0 Å². The number of sulfonamides is 2. The maximum Gasteiger partial charge on any atom is 0.517 e. The summed E-state index contributed by atoms with van der Waals surface area (Å²) in [7, 11) is -11.4. The lowest BCUT2D eigenvalue weighted by atomic mass is 10.1. The molecule has 0 amide bonds. The summed E-state index contributed by atoms with van der Waals surface area (Å²) in [6, 6.07) is 6.42. The molecule has 0 aliphatic heterocycles. The number of phenols is 1. The molecule has 0 atom stereocenters. The molecule has 27 heavy (non-hydrogen) atoms. The van der Waals surface area contributed by atoms with E-state index in [9.17, 15) is 35.1 Å². The summed E-state index contributed by atoms with van der Waals surface area (Å²) in [5, 5.41) is 9.79. The number of hydrogen-bond donors (Lipinski definition) is 1. The summed E-state index contributed by atoms with van der Waals surface area (Å²) >= 11 is 0. The van der Waals surface area contributed by atoms with Crippen molar-refractivity contribution in [2.75, 3.05) is 3.71 Å². The first kappa shape index (κ1) is 21.0. The van der Waals surface area contributed by atoms with Crippen LogP contribution in [-0.2, 0) is 20.0 Å². The van der Waals surface area contributed by atoms with Gasteiger partial charge in [-0.25, -0.2) is 8.42 Å². The number of aryl methyl sites for hydroxylation is 3. The normalized spacial score (nSPS) is 12.8. The molecule has 2 aromatic rings. The van der Waals surface area contributed by atoms with Crippen molar-refractivity contribution in [1.82, 2.24) is 0 Å². The second-order valence-electron chi connectivity index (χ2n) is 5.89. The topological polar surface area (TPSA) is 91.8 Å². The van der Waals surface area contributed by atoms with E-state index in [1.165, 1.54) is 26.0 Å². The first-order valence-corrected chi connectivity index (χ1v) is 10.3. The van der Waals surface area contributed by atoms with Crippen LogP contribution < -0.4 is 3.71 Å². The zero-order valence-corrected chi connectivity index (χ0v) is 16.1. The van der Waals surface area contributed by atoms with Crippen LogP contribution in [0.5, 0.6) is 5.75 Å². The highest BCUT2D eigenvalue weighted by Crippen LogP contribution is 2.38. The Morgan fingerprint density at radius 2 is 1.33 bits per heavy atom. The molecule has 0 heterocycles. The third-order valence-electron chi connectivity index (χ3n) is 3.73. The van der Waals surface area contributed by atoms with Gasteiger partial charge < -0.3 is 5.11 Å². The highest BCUT2D eigenvalue weighted by molar-refractivity contribution is 8.10. The predicted octanol–water partition coefficient (Wildman–Crippen LogP) is 3.36. The number of anilines is 1. The average molecular weight is 423 g/mol. The van der Waals surface area contributed by atoms with Crippen LogP contribution in [0.1, 0.15) is 16.7 Å². The SMILES string of the molecule is Cc1ccc(S(=O)(=O)N(c2cc(C)c(O)c(C)c2)S(=O)(=O)C(F)(F)F)cc1. The third-order valence-corrected chi connectivity index (χ3v) is 7.66. The van der Waals surface area contributed by atoms with Crippen molar-refractivity contribution in [3.63, 3.8) is 0 Å². The molecule has 0 saturated carbocycles.